The SMILES string of the molecule is CCSc1ccc(C(=O)/C=C/c2cc(C)cc(C)c2C)cc1. The third-order valence-electron chi connectivity index (χ3n) is 3.72. The minimum Gasteiger partial charge on any atom is -0.289 e. The Bertz CT molecular complexity index is 696. The molecule has 0 aliphatic carbocycles. The van der Waals surface area contributed by atoms with Crippen molar-refractivity contribution in [1.29, 1.82) is 0 Å². The van der Waals surface area contributed by atoms with Gasteiger partial charge in [-0.15, -0.1) is 11.8 Å². The van der Waals surface area contributed by atoms with Crippen LogP contribution in [0.25, 0.3) is 6.08 Å². The van der Waals surface area contributed by atoms with E-state index in [1.165, 1.54) is 21.6 Å². The van der Waals surface area contributed by atoms with E-state index in [-0.39, 0.29) is 5.78 Å². The van der Waals surface area contributed by atoms with Gasteiger partial charge in [0.15, 0.2) is 5.78 Å². The fourth-order valence-corrected chi connectivity index (χ4v) is 3.05. The number of ketones is 1. The van der Waals surface area contributed by atoms with Gasteiger partial charge in [-0.05, 0) is 73.6 Å². The number of hydrogen-bond acceptors (Lipinski definition) is 2. The van der Waals surface area contributed by atoms with Crippen molar-refractivity contribution in [3.05, 3.63) is 70.3 Å². The number of carbonyl (C=O) groups is 1. The lowest BCUT2D eigenvalue weighted by atomic mass is 9.99. The van der Waals surface area contributed by atoms with Crippen molar-refractivity contribution in [1.82, 2.24) is 0 Å². The van der Waals surface area contributed by atoms with Gasteiger partial charge in [-0.2, -0.15) is 0 Å². The molecule has 0 N–H and O–H groups in total. The van der Waals surface area contributed by atoms with Crippen molar-refractivity contribution in [2.75, 3.05) is 5.75 Å². The van der Waals surface area contributed by atoms with Crippen LogP contribution in [0.3, 0.4) is 0 Å². The van der Waals surface area contributed by atoms with Crippen LogP contribution in [0.5, 0.6) is 0 Å². The quantitative estimate of drug-likeness (QED) is 0.405. The summed E-state index contributed by atoms with van der Waals surface area (Å²) in [6.07, 6.45) is 3.59. The second-order valence-electron chi connectivity index (χ2n) is 5.45. The number of allylic oxidation sites excluding steroid dienone is 1. The fraction of sp³-hybridized carbons (Fsp3) is 0.250. The van der Waals surface area contributed by atoms with Gasteiger partial charge in [0.25, 0.3) is 0 Å². The Balaban J connectivity index is 2.18. The normalized spacial score (nSPS) is 11.1. The molecule has 0 fully saturated rings. The molecule has 0 aromatic heterocycles. The highest BCUT2D eigenvalue weighted by atomic mass is 32.2. The summed E-state index contributed by atoms with van der Waals surface area (Å²) in [5.74, 6) is 1.09. The molecule has 0 saturated heterocycles. The van der Waals surface area contributed by atoms with E-state index < -0.39 is 0 Å². The maximum Gasteiger partial charge on any atom is 0.185 e. The highest BCUT2D eigenvalue weighted by Crippen LogP contribution is 2.19. The Kier molecular flexibility index (Phi) is 5.62. The van der Waals surface area contributed by atoms with E-state index in [2.05, 4.69) is 39.8 Å². The van der Waals surface area contributed by atoms with E-state index in [1.807, 2.05) is 30.3 Å². The van der Waals surface area contributed by atoms with E-state index in [0.717, 1.165) is 16.9 Å². The standard InChI is InChI=1S/C20H22OS/c1-5-22-19-9-6-17(7-10-19)20(21)11-8-18-13-14(2)12-15(3)16(18)4/h6-13H,5H2,1-4H3/b11-8+. The van der Waals surface area contributed by atoms with Crippen molar-refractivity contribution >= 4 is 23.6 Å². The summed E-state index contributed by atoms with van der Waals surface area (Å²) < 4.78 is 0. The number of benzene rings is 2. The number of carbonyl (C=O) groups excluding carboxylic acids is 1. The molecule has 114 valence electrons. The minimum atomic E-state index is 0.0478. The van der Waals surface area contributed by atoms with Crippen molar-refractivity contribution in [2.24, 2.45) is 0 Å². The molecule has 2 rings (SSSR count). The molecule has 0 aliphatic rings. The van der Waals surface area contributed by atoms with E-state index in [0.29, 0.717) is 0 Å². The van der Waals surface area contributed by atoms with Gasteiger partial charge in [0, 0.05) is 10.5 Å². The minimum absolute atomic E-state index is 0.0478. The lowest BCUT2D eigenvalue weighted by Gasteiger charge is -2.06. The fourth-order valence-electron chi connectivity index (χ4n) is 2.39. The topological polar surface area (TPSA) is 17.1 Å². The number of aryl methyl sites for hydroxylation is 2. The lowest BCUT2D eigenvalue weighted by molar-refractivity contribution is 0.104. The summed E-state index contributed by atoms with van der Waals surface area (Å²) in [7, 11) is 0. The smallest absolute Gasteiger partial charge is 0.185 e. The van der Waals surface area contributed by atoms with Gasteiger partial charge in [0.2, 0.25) is 0 Å². The van der Waals surface area contributed by atoms with E-state index in [9.17, 15) is 4.79 Å². The predicted molar refractivity (Wildman–Crippen MR) is 96.9 cm³/mol. The summed E-state index contributed by atoms with van der Waals surface area (Å²) >= 11 is 1.78. The Morgan fingerprint density at radius 1 is 1.09 bits per heavy atom. The number of rotatable bonds is 5. The van der Waals surface area contributed by atoms with Crippen molar-refractivity contribution in [3.8, 4) is 0 Å². The van der Waals surface area contributed by atoms with Crippen LogP contribution in [0.4, 0.5) is 0 Å². The molecule has 0 heterocycles. The Morgan fingerprint density at radius 2 is 1.77 bits per heavy atom. The molecule has 1 nitrogen and oxygen atoms in total. The summed E-state index contributed by atoms with van der Waals surface area (Å²) in [5.41, 5.74) is 5.55. The first-order valence-corrected chi connectivity index (χ1v) is 8.53. The first kappa shape index (κ1) is 16.6. The van der Waals surface area contributed by atoms with Crippen LogP contribution >= 0.6 is 11.8 Å². The molecular formula is C20H22OS. The van der Waals surface area contributed by atoms with Crippen LogP contribution in [0.15, 0.2) is 47.4 Å². The third-order valence-corrected chi connectivity index (χ3v) is 4.61. The van der Waals surface area contributed by atoms with Crippen LogP contribution in [0.1, 0.15) is 39.5 Å². The molecule has 2 aromatic rings. The molecule has 0 bridgehead atoms. The first-order valence-electron chi connectivity index (χ1n) is 7.54. The first-order chi connectivity index (χ1) is 10.5. The Morgan fingerprint density at radius 3 is 2.41 bits per heavy atom. The zero-order valence-corrected chi connectivity index (χ0v) is 14.5. The van der Waals surface area contributed by atoms with Gasteiger partial charge >= 0.3 is 0 Å². The molecular weight excluding hydrogens is 288 g/mol. The van der Waals surface area contributed by atoms with Crippen LogP contribution < -0.4 is 0 Å². The van der Waals surface area contributed by atoms with E-state index in [4.69, 9.17) is 0 Å². The summed E-state index contributed by atoms with van der Waals surface area (Å²) in [6.45, 7) is 8.40. The third kappa shape index (κ3) is 4.11. The lowest BCUT2D eigenvalue weighted by Crippen LogP contribution is -1.94. The Hall–Kier alpha value is -1.80. The highest BCUT2D eigenvalue weighted by Gasteiger charge is 2.04. The summed E-state index contributed by atoms with van der Waals surface area (Å²) in [4.78, 5) is 13.5. The second kappa shape index (κ2) is 7.46. The zero-order valence-electron chi connectivity index (χ0n) is 13.6. The molecule has 0 saturated carbocycles. The van der Waals surface area contributed by atoms with Crippen molar-refractivity contribution in [2.45, 2.75) is 32.6 Å². The molecule has 0 spiro atoms. The molecule has 0 unspecified atom stereocenters. The molecule has 2 heteroatoms. The molecule has 0 amide bonds. The predicted octanol–water partition coefficient (Wildman–Crippen LogP) is 5.62. The molecule has 0 atom stereocenters. The van der Waals surface area contributed by atoms with Gasteiger partial charge in [0.05, 0.1) is 0 Å². The summed E-state index contributed by atoms with van der Waals surface area (Å²) in [6, 6.07) is 12.1. The maximum atomic E-state index is 12.3. The molecule has 0 aliphatic heterocycles. The van der Waals surface area contributed by atoms with E-state index >= 15 is 0 Å². The average Bonchev–Trinajstić information content (AvgIpc) is 2.50. The van der Waals surface area contributed by atoms with Crippen LogP contribution in [0.2, 0.25) is 0 Å². The maximum absolute atomic E-state index is 12.3. The highest BCUT2D eigenvalue weighted by molar-refractivity contribution is 7.99. The van der Waals surface area contributed by atoms with Gasteiger partial charge in [-0.3, -0.25) is 4.79 Å². The van der Waals surface area contributed by atoms with Gasteiger partial charge in [-0.1, -0.05) is 30.7 Å². The van der Waals surface area contributed by atoms with Gasteiger partial charge in [0.1, 0.15) is 0 Å². The Labute approximate surface area is 137 Å². The molecule has 0 radical (unpaired) electrons. The van der Waals surface area contributed by atoms with Crippen molar-refractivity contribution in [3.63, 3.8) is 0 Å². The zero-order chi connectivity index (χ0) is 16.1. The molecule has 2 aromatic carbocycles. The average molecular weight is 310 g/mol. The monoisotopic (exact) mass is 310 g/mol. The van der Waals surface area contributed by atoms with Crippen LogP contribution in [-0.4, -0.2) is 11.5 Å². The van der Waals surface area contributed by atoms with Crippen molar-refractivity contribution < 1.29 is 4.79 Å². The molecule has 22 heavy (non-hydrogen) atoms. The van der Waals surface area contributed by atoms with Gasteiger partial charge in [-0.25, -0.2) is 0 Å². The summed E-state index contributed by atoms with van der Waals surface area (Å²) in [5, 5.41) is 0. The van der Waals surface area contributed by atoms with Crippen LogP contribution in [0, 0.1) is 20.8 Å². The van der Waals surface area contributed by atoms with Gasteiger partial charge < -0.3 is 0 Å². The van der Waals surface area contributed by atoms with E-state index in [1.54, 1.807) is 17.8 Å². The number of thioether (sulfide) groups is 1. The second-order valence-corrected chi connectivity index (χ2v) is 6.79. The van der Waals surface area contributed by atoms with Crippen LogP contribution in [-0.2, 0) is 0 Å². The largest absolute Gasteiger partial charge is 0.289 e. The number of hydrogen-bond donors (Lipinski definition) is 0.